The third-order valence-electron chi connectivity index (χ3n) is 3.88. The van der Waals surface area contributed by atoms with E-state index in [0.29, 0.717) is 22.8 Å². The lowest BCUT2D eigenvalue weighted by atomic mass is 10.2. The van der Waals surface area contributed by atoms with Crippen LogP contribution >= 0.6 is 11.6 Å². The summed E-state index contributed by atoms with van der Waals surface area (Å²) >= 11 is 5.84. The molecule has 0 radical (unpaired) electrons. The molecule has 0 spiro atoms. The number of ether oxygens (including phenoxy) is 1. The molecule has 1 N–H and O–H groups in total. The van der Waals surface area contributed by atoms with Crippen LogP contribution < -0.4 is 15.6 Å². The van der Waals surface area contributed by atoms with Gasteiger partial charge in [-0.25, -0.2) is 4.39 Å². The second-order valence-corrected chi connectivity index (χ2v) is 6.35. The Bertz CT molecular complexity index is 1020. The second kappa shape index (κ2) is 8.67. The fourth-order valence-corrected chi connectivity index (χ4v) is 2.57. The Morgan fingerprint density at radius 1 is 1.14 bits per heavy atom. The maximum atomic E-state index is 13.1. The number of hydrogen-bond donors (Lipinski definition) is 1. The van der Waals surface area contributed by atoms with Gasteiger partial charge in [-0.15, -0.1) is 5.10 Å². The molecule has 144 valence electrons. The van der Waals surface area contributed by atoms with Gasteiger partial charge >= 0.3 is 0 Å². The molecule has 8 heteroatoms. The summed E-state index contributed by atoms with van der Waals surface area (Å²) in [5.41, 5.74) is 0.564. The van der Waals surface area contributed by atoms with Gasteiger partial charge in [-0.3, -0.25) is 9.59 Å². The van der Waals surface area contributed by atoms with Gasteiger partial charge < -0.3 is 10.1 Å². The summed E-state index contributed by atoms with van der Waals surface area (Å²) in [6.45, 7) is 1.79. The van der Waals surface area contributed by atoms with Crippen LogP contribution in [0, 0.1) is 5.82 Å². The monoisotopic (exact) mass is 401 g/mol. The molecule has 3 aromatic rings. The maximum Gasteiger partial charge on any atom is 0.271 e. The molecule has 2 aromatic carbocycles. The predicted octanol–water partition coefficient (Wildman–Crippen LogP) is 3.82. The Balaban J connectivity index is 1.78. The molecule has 3 rings (SSSR count). The van der Waals surface area contributed by atoms with Crippen molar-refractivity contribution in [2.75, 3.05) is 5.32 Å². The molecule has 1 aromatic heterocycles. The Labute approximate surface area is 165 Å². The molecule has 0 aliphatic heterocycles. The SMILES string of the molecule is CCC(Oc1ccc(=O)n(-c2ccc(F)cc2)n1)C(=O)Nc1ccc(Cl)cc1. The molecule has 1 heterocycles. The minimum absolute atomic E-state index is 0.0991. The minimum atomic E-state index is -0.817. The van der Waals surface area contributed by atoms with Crippen molar-refractivity contribution in [3.63, 3.8) is 0 Å². The van der Waals surface area contributed by atoms with E-state index in [1.54, 1.807) is 31.2 Å². The zero-order valence-corrected chi connectivity index (χ0v) is 15.7. The Hall–Kier alpha value is -3.19. The van der Waals surface area contributed by atoms with E-state index in [1.165, 1.54) is 36.4 Å². The first-order valence-electron chi connectivity index (χ1n) is 8.55. The molecule has 0 fully saturated rings. The van der Waals surface area contributed by atoms with Gasteiger partial charge in [0, 0.05) is 22.8 Å². The molecule has 0 saturated heterocycles. The van der Waals surface area contributed by atoms with Gasteiger partial charge in [0.2, 0.25) is 5.88 Å². The fraction of sp³-hybridized carbons (Fsp3) is 0.150. The van der Waals surface area contributed by atoms with Crippen molar-refractivity contribution in [1.29, 1.82) is 0 Å². The molecule has 0 aliphatic rings. The van der Waals surface area contributed by atoms with Crippen LogP contribution in [0.15, 0.2) is 65.5 Å². The van der Waals surface area contributed by atoms with E-state index >= 15 is 0 Å². The van der Waals surface area contributed by atoms with Gasteiger partial charge in [0.05, 0.1) is 5.69 Å². The number of rotatable bonds is 6. The highest BCUT2D eigenvalue weighted by atomic mass is 35.5. The van der Waals surface area contributed by atoms with Gasteiger partial charge in [-0.1, -0.05) is 18.5 Å². The lowest BCUT2D eigenvalue weighted by Crippen LogP contribution is -2.33. The number of hydrogen-bond acceptors (Lipinski definition) is 4. The van der Waals surface area contributed by atoms with Gasteiger partial charge in [-0.2, -0.15) is 4.68 Å². The zero-order valence-electron chi connectivity index (χ0n) is 14.9. The highest BCUT2D eigenvalue weighted by molar-refractivity contribution is 6.30. The molecule has 0 saturated carbocycles. The number of benzene rings is 2. The van der Waals surface area contributed by atoms with E-state index in [1.807, 2.05) is 0 Å². The molecule has 1 unspecified atom stereocenters. The number of nitrogens with zero attached hydrogens (tertiary/aromatic N) is 2. The lowest BCUT2D eigenvalue weighted by molar-refractivity contribution is -0.123. The number of aromatic nitrogens is 2. The first-order chi connectivity index (χ1) is 13.5. The Morgan fingerprint density at radius 2 is 1.82 bits per heavy atom. The molecule has 1 atom stereocenters. The third-order valence-corrected chi connectivity index (χ3v) is 4.14. The van der Waals surface area contributed by atoms with Crippen LogP contribution in [0.1, 0.15) is 13.3 Å². The van der Waals surface area contributed by atoms with E-state index in [0.717, 1.165) is 4.68 Å². The molecule has 0 aliphatic carbocycles. The van der Waals surface area contributed by atoms with Crippen LogP contribution in [0.5, 0.6) is 5.88 Å². The summed E-state index contributed by atoms with van der Waals surface area (Å²) in [4.78, 5) is 24.6. The van der Waals surface area contributed by atoms with Gasteiger partial charge in [0.25, 0.3) is 11.5 Å². The predicted molar refractivity (Wildman–Crippen MR) is 105 cm³/mol. The molecular weight excluding hydrogens is 385 g/mol. The largest absolute Gasteiger partial charge is 0.463 e. The summed E-state index contributed by atoms with van der Waals surface area (Å²) in [5, 5.41) is 7.43. The molecular formula is C20H17ClFN3O3. The number of carbonyl (C=O) groups is 1. The summed E-state index contributed by atoms with van der Waals surface area (Å²) in [5.74, 6) is -0.678. The summed E-state index contributed by atoms with van der Waals surface area (Å²) in [6.07, 6.45) is -0.432. The van der Waals surface area contributed by atoms with Crippen molar-refractivity contribution in [2.24, 2.45) is 0 Å². The van der Waals surface area contributed by atoms with E-state index in [9.17, 15) is 14.0 Å². The zero-order chi connectivity index (χ0) is 20.1. The third kappa shape index (κ3) is 4.75. The number of nitrogens with one attached hydrogen (secondary N) is 1. The molecule has 1 amide bonds. The summed E-state index contributed by atoms with van der Waals surface area (Å²) in [7, 11) is 0. The van der Waals surface area contributed by atoms with Crippen molar-refractivity contribution in [1.82, 2.24) is 9.78 Å². The minimum Gasteiger partial charge on any atom is -0.463 e. The fourth-order valence-electron chi connectivity index (χ4n) is 2.45. The van der Waals surface area contributed by atoms with Crippen molar-refractivity contribution in [3.05, 3.63) is 81.9 Å². The first-order valence-corrected chi connectivity index (χ1v) is 8.93. The average molecular weight is 402 g/mol. The van der Waals surface area contributed by atoms with Gasteiger partial charge in [0.1, 0.15) is 5.82 Å². The molecule has 28 heavy (non-hydrogen) atoms. The number of halogens is 2. The van der Waals surface area contributed by atoms with Crippen LogP contribution in [0.3, 0.4) is 0 Å². The topological polar surface area (TPSA) is 73.2 Å². The van der Waals surface area contributed by atoms with Crippen LogP contribution in [-0.4, -0.2) is 21.8 Å². The number of anilines is 1. The first kappa shape index (κ1) is 19.6. The van der Waals surface area contributed by atoms with Crippen molar-refractivity contribution in [2.45, 2.75) is 19.4 Å². The van der Waals surface area contributed by atoms with Gasteiger partial charge in [0.15, 0.2) is 6.10 Å². The molecule has 6 nitrogen and oxygen atoms in total. The standard InChI is InChI=1S/C20H17ClFN3O3/c1-2-17(20(27)23-15-7-3-13(21)4-8-15)28-18-11-12-19(26)25(24-18)16-9-5-14(22)6-10-16/h3-12,17H,2H2,1H3,(H,23,27). The second-order valence-electron chi connectivity index (χ2n) is 5.91. The van der Waals surface area contributed by atoms with E-state index in [-0.39, 0.29) is 11.8 Å². The number of carbonyl (C=O) groups excluding carboxylic acids is 1. The van der Waals surface area contributed by atoms with E-state index < -0.39 is 17.5 Å². The lowest BCUT2D eigenvalue weighted by Gasteiger charge is -2.17. The average Bonchev–Trinajstić information content (AvgIpc) is 2.69. The normalized spacial score (nSPS) is 11.7. The summed E-state index contributed by atoms with van der Waals surface area (Å²) < 4.78 is 19.9. The number of amides is 1. The maximum absolute atomic E-state index is 13.1. The van der Waals surface area contributed by atoms with Crippen molar-refractivity contribution in [3.8, 4) is 11.6 Å². The Kier molecular flexibility index (Phi) is 6.06. The van der Waals surface area contributed by atoms with Gasteiger partial charge in [-0.05, 0) is 55.0 Å². The smallest absolute Gasteiger partial charge is 0.271 e. The highest BCUT2D eigenvalue weighted by Gasteiger charge is 2.20. The van der Waals surface area contributed by atoms with Crippen molar-refractivity contribution >= 4 is 23.2 Å². The highest BCUT2D eigenvalue weighted by Crippen LogP contribution is 2.16. The van der Waals surface area contributed by atoms with Crippen molar-refractivity contribution < 1.29 is 13.9 Å². The van der Waals surface area contributed by atoms with E-state index in [2.05, 4.69) is 10.4 Å². The van der Waals surface area contributed by atoms with E-state index in [4.69, 9.17) is 16.3 Å². The quantitative estimate of drug-likeness (QED) is 0.681. The summed E-state index contributed by atoms with van der Waals surface area (Å²) in [6, 6.07) is 14.7. The van der Waals surface area contributed by atoms with Crippen LogP contribution in [0.4, 0.5) is 10.1 Å². The molecule has 0 bridgehead atoms. The Morgan fingerprint density at radius 3 is 2.46 bits per heavy atom. The van der Waals surface area contributed by atoms with Crippen LogP contribution in [0.2, 0.25) is 5.02 Å². The van der Waals surface area contributed by atoms with Crippen LogP contribution in [0.25, 0.3) is 5.69 Å². The van der Waals surface area contributed by atoms with Crippen LogP contribution in [-0.2, 0) is 4.79 Å².